The molecule has 0 fully saturated rings. The highest BCUT2D eigenvalue weighted by molar-refractivity contribution is 6.13. The summed E-state index contributed by atoms with van der Waals surface area (Å²) < 4.78 is 13.8. The Labute approximate surface area is 156 Å². The number of nitrogens with zero attached hydrogens (tertiary/aromatic N) is 1. The number of para-hydroxylation sites is 1. The van der Waals surface area contributed by atoms with E-state index in [2.05, 4.69) is 54.1 Å². The van der Waals surface area contributed by atoms with Crippen molar-refractivity contribution in [1.29, 1.82) is 0 Å². The van der Waals surface area contributed by atoms with Crippen LogP contribution in [0.15, 0.2) is 83.7 Å². The zero-order chi connectivity index (χ0) is 18.0. The average molecular weight is 350 g/mol. The van der Waals surface area contributed by atoms with Gasteiger partial charge in [-0.25, -0.2) is 0 Å². The number of ether oxygens (including phenoxy) is 1. The molecule has 0 atom stereocenters. The van der Waals surface area contributed by atoms with E-state index in [0.29, 0.717) is 0 Å². The van der Waals surface area contributed by atoms with Gasteiger partial charge in [-0.15, -0.1) is 0 Å². The fourth-order valence-corrected chi connectivity index (χ4v) is 4.20. The summed E-state index contributed by atoms with van der Waals surface area (Å²) in [6.45, 7) is 0. The monoisotopic (exact) mass is 350 g/mol. The first-order valence-corrected chi connectivity index (χ1v) is 8.99. The second kappa shape index (κ2) is 5.21. The van der Waals surface area contributed by atoms with Crippen LogP contribution < -0.4 is 9.30 Å². The molecule has 3 nitrogen and oxygen atoms in total. The number of benzene rings is 3. The minimum atomic E-state index is 0.901. The van der Waals surface area contributed by atoms with Crippen LogP contribution in [0, 0.1) is 0 Å². The Morgan fingerprint density at radius 1 is 0.778 bits per heavy atom. The van der Waals surface area contributed by atoms with Gasteiger partial charge in [0.05, 0.1) is 28.9 Å². The van der Waals surface area contributed by atoms with Crippen LogP contribution in [0.3, 0.4) is 0 Å². The van der Waals surface area contributed by atoms with Crippen LogP contribution in [0.4, 0.5) is 0 Å². The quantitative estimate of drug-likeness (QED) is 0.275. The maximum atomic E-state index is 6.21. The van der Waals surface area contributed by atoms with Crippen molar-refractivity contribution in [3.63, 3.8) is 0 Å². The Bertz CT molecular complexity index is 1350. The second-order valence-electron chi connectivity index (χ2n) is 6.93. The molecule has 6 rings (SSSR count). The molecule has 3 aromatic carbocycles. The van der Waals surface area contributed by atoms with Gasteiger partial charge in [0, 0.05) is 17.0 Å². The summed E-state index contributed by atoms with van der Waals surface area (Å²) in [5.74, 6) is 1.82. The summed E-state index contributed by atoms with van der Waals surface area (Å²) in [5.41, 5.74) is 5.74. The van der Waals surface area contributed by atoms with Crippen molar-refractivity contribution in [3.8, 4) is 33.9 Å². The number of aromatic nitrogens is 1. The minimum absolute atomic E-state index is 0.901. The largest absolute Gasteiger partial charge is 0.472 e. The van der Waals surface area contributed by atoms with E-state index in [1.165, 1.54) is 27.4 Å². The fourth-order valence-electron chi connectivity index (χ4n) is 4.20. The molecule has 27 heavy (non-hydrogen) atoms. The third-order valence-corrected chi connectivity index (χ3v) is 5.46. The van der Waals surface area contributed by atoms with Crippen LogP contribution in [-0.4, -0.2) is 0 Å². The van der Waals surface area contributed by atoms with E-state index in [9.17, 15) is 0 Å². The highest BCUT2D eigenvalue weighted by Crippen LogP contribution is 2.46. The van der Waals surface area contributed by atoms with Crippen LogP contribution in [-0.2, 0) is 7.05 Å². The van der Waals surface area contributed by atoms with Gasteiger partial charge in [-0.3, -0.25) is 0 Å². The van der Waals surface area contributed by atoms with Crippen molar-refractivity contribution in [3.05, 3.63) is 79.3 Å². The molecule has 0 unspecified atom stereocenters. The first-order chi connectivity index (χ1) is 13.3. The molecular weight excluding hydrogens is 334 g/mol. The van der Waals surface area contributed by atoms with Gasteiger partial charge in [-0.05, 0) is 35.9 Å². The van der Waals surface area contributed by atoms with Crippen molar-refractivity contribution in [1.82, 2.24) is 0 Å². The molecule has 128 valence electrons. The van der Waals surface area contributed by atoms with Crippen LogP contribution in [0.25, 0.3) is 44.1 Å². The van der Waals surface area contributed by atoms with Gasteiger partial charge < -0.3 is 9.15 Å². The van der Waals surface area contributed by atoms with Crippen molar-refractivity contribution < 1.29 is 13.7 Å². The number of fused-ring (bicyclic) bond motifs is 4. The summed E-state index contributed by atoms with van der Waals surface area (Å²) >= 11 is 0. The van der Waals surface area contributed by atoms with Gasteiger partial charge in [-0.2, -0.15) is 4.57 Å². The number of rotatable bonds is 1. The van der Waals surface area contributed by atoms with E-state index < -0.39 is 0 Å². The lowest BCUT2D eigenvalue weighted by Gasteiger charge is -2.20. The van der Waals surface area contributed by atoms with Crippen molar-refractivity contribution >= 4 is 21.7 Å². The molecule has 0 bridgehead atoms. The Balaban J connectivity index is 1.80. The Morgan fingerprint density at radius 2 is 1.67 bits per heavy atom. The van der Waals surface area contributed by atoms with E-state index in [-0.39, 0.29) is 0 Å². The highest BCUT2D eigenvalue weighted by Gasteiger charge is 2.29. The molecule has 0 radical (unpaired) electrons. The highest BCUT2D eigenvalue weighted by atomic mass is 16.5. The molecule has 0 saturated heterocycles. The molecule has 0 N–H and O–H groups in total. The van der Waals surface area contributed by atoms with Crippen molar-refractivity contribution in [2.75, 3.05) is 0 Å². The summed E-state index contributed by atoms with van der Waals surface area (Å²) in [4.78, 5) is 0. The van der Waals surface area contributed by atoms with Gasteiger partial charge in [0.15, 0.2) is 0 Å². The number of aryl methyl sites for hydroxylation is 1. The van der Waals surface area contributed by atoms with Crippen LogP contribution in [0.2, 0.25) is 0 Å². The predicted molar refractivity (Wildman–Crippen MR) is 106 cm³/mol. The van der Waals surface area contributed by atoms with Crippen molar-refractivity contribution in [2.24, 2.45) is 7.05 Å². The second-order valence-corrected chi connectivity index (χ2v) is 6.93. The molecule has 3 heterocycles. The molecule has 5 aromatic rings. The lowest BCUT2D eigenvalue weighted by Crippen LogP contribution is -2.33. The van der Waals surface area contributed by atoms with Crippen LogP contribution in [0.1, 0.15) is 0 Å². The maximum absolute atomic E-state index is 6.21. The molecule has 3 heteroatoms. The Morgan fingerprint density at radius 3 is 2.56 bits per heavy atom. The summed E-state index contributed by atoms with van der Waals surface area (Å²) in [6.07, 6.45) is 3.50. The van der Waals surface area contributed by atoms with E-state index in [0.717, 1.165) is 28.2 Å². The van der Waals surface area contributed by atoms with Gasteiger partial charge in [-0.1, -0.05) is 30.3 Å². The number of furan rings is 1. The fraction of sp³-hybridized carbons (Fsp3) is 0.0417. The third kappa shape index (κ3) is 1.94. The number of hydrogen-bond acceptors (Lipinski definition) is 2. The van der Waals surface area contributed by atoms with Crippen LogP contribution in [0.5, 0.6) is 11.5 Å². The lowest BCUT2D eigenvalue weighted by molar-refractivity contribution is -0.632. The van der Waals surface area contributed by atoms with E-state index >= 15 is 0 Å². The standard InChI is InChI=1S/C24H16NO2/c1-25-20-13-15(16-11-12-26-14-16)9-10-17(20)18-6-4-8-22-23(18)24(25)19-5-2-3-7-21(19)27-22/h2-14H,1H3/q+1. The Kier molecular flexibility index (Phi) is 2.81. The van der Waals surface area contributed by atoms with Gasteiger partial charge in [0.1, 0.15) is 18.5 Å². The van der Waals surface area contributed by atoms with E-state index in [1.807, 2.05) is 24.3 Å². The van der Waals surface area contributed by atoms with Crippen LogP contribution >= 0.6 is 0 Å². The molecule has 0 amide bonds. The minimum Gasteiger partial charge on any atom is -0.472 e. The molecule has 1 aliphatic heterocycles. The Hall–Kier alpha value is -3.59. The predicted octanol–water partition coefficient (Wildman–Crippen LogP) is 5.85. The zero-order valence-electron chi connectivity index (χ0n) is 14.8. The van der Waals surface area contributed by atoms with E-state index in [4.69, 9.17) is 9.15 Å². The summed E-state index contributed by atoms with van der Waals surface area (Å²) in [7, 11) is 2.13. The molecule has 1 aliphatic rings. The molecule has 0 spiro atoms. The van der Waals surface area contributed by atoms with Crippen molar-refractivity contribution in [2.45, 2.75) is 0 Å². The number of pyridine rings is 1. The third-order valence-electron chi connectivity index (χ3n) is 5.46. The van der Waals surface area contributed by atoms with Gasteiger partial charge in [0.25, 0.3) is 0 Å². The topological polar surface area (TPSA) is 26.2 Å². The molecule has 0 aliphatic carbocycles. The maximum Gasteiger partial charge on any atom is 0.228 e. The first-order valence-electron chi connectivity index (χ1n) is 8.99. The number of hydrogen-bond donors (Lipinski definition) is 0. The van der Waals surface area contributed by atoms with E-state index in [1.54, 1.807) is 12.5 Å². The zero-order valence-corrected chi connectivity index (χ0v) is 14.8. The molecular formula is C24H16NO2+. The lowest BCUT2D eigenvalue weighted by atomic mass is 9.95. The first kappa shape index (κ1) is 14.6. The summed E-state index contributed by atoms with van der Waals surface area (Å²) in [6, 6.07) is 23.1. The van der Waals surface area contributed by atoms with Gasteiger partial charge in [0.2, 0.25) is 11.2 Å². The average Bonchev–Trinajstić information content (AvgIpc) is 3.25. The molecule has 2 aromatic heterocycles. The SMILES string of the molecule is C[n+]1c2c3c(cccc3c3ccc(-c4ccoc4)cc31)Oc1ccccc1-2. The normalized spacial score (nSPS) is 12.2. The smallest absolute Gasteiger partial charge is 0.228 e. The summed E-state index contributed by atoms with van der Waals surface area (Å²) in [5, 5.41) is 3.60. The molecule has 0 saturated carbocycles. The van der Waals surface area contributed by atoms with Gasteiger partial charge >= 0.3 is 0 Å².